The maximum absolute atomic E-state index is 9.79. The molecule has 0 amide bonds. The molecule has 0 saturated carbocycles. The summed E-state index contributed by atoms with van der Waals surface area (Å²) < 4.78 is 0. The summed E-state index contributed by atoms with van der Waals surface area (Å²) in [5.74, 6) is 1.01. The fourth-order valence-corrected chi connectivity index (χ4v) is 2.30. The van der Waals surface area contributed by atoms with Gasteiger partial charge in [0.25, 0.3) is 0 Å². The Kier molecular flexibility index (Phi) is 5.83. The zero-order valence-corrected chi connectivity index (χ0v) is 13.1. The Balaban J connectivity index is 2.69. The van der Waals surface area contributed by atoms with Crippen LogP contribution in [0.3, 0.4) is 0 Å². The van der Waals surface area contributed by atoms with Crippen molar-refractivity contribution in [3.63, 3.8) is 0 Å². The van der Waals surface area contributed by atoms with E-state index in [1.807, 2.05) is 13.8 Å². The van der Waals surface area contributed by atoms with Crippen LogP contribution in [0.5, 0.6) is 5.75 Å². The summed E-state index contributed by atoms with van der Waals surface area (Å²) in [6.45, 7) is 10.3. The number of aryl methyl sites for hydroxylation is 2. The van der Waals surface area contributed by atoms with Gasteiger partial charge in [-0.3, -0.25) is 0 Å². The molecule has 108 valence electrons. The van der Waals surface area contributed by atoms with Crippen molar-refractivity contribution in [3.05, 3.63) is 28.8 Å². The predicted molar refractivity (Wildman–Crippen MR) is 81.6 cm³/mol. The minimum Gasteiger partial charge on any atom is -0.507 e. The average molecular weight is 264 g/mol. The molecule has 3 nitrogen and oxygen atoms in total. The van der Waals surface area contributed by atoms with E-state index in [0.29, 0.717) is 17.7 Å². The quantitative estimate of drug-likeness (QED) is 0.829. The van der Waals surface area contributed by atoms with Gasteiger partial charge in [0.1, 0.15) is 5.75 Å². The van der Waals surface area contributed by atoms with Crippen molar-refractivity contribution in [2.45, 2.75) is 40.3 Å². The molecule has 0 spiro atoms. The van der Waals surface area contributed by atoms with Gasteiger partial charge in [0.2, 0.25) is 0 Å². The zero-order chi connectivity index (χ0) is 14.6. The number of phenolic OH excluding ortho intramolecular Hbond substituents is 1. The Morgan fingerprint density at radius 2 is 1.68 bits per heavy atom. The molecule has 1 aromatic rings. The maximum atomic E-state index is 9.79. The standard InChI is InChI=1S/C16H28N2O/c1-11(2)15(10-18(5)6)17-9-14-7-12(3)16(19)13(4)8-14/h7-8,11,15,17,19H,9-10H2,1-6H3. The monoisotopic (exact) mass is 264 g/mol. The number of phenols is 1. The summed E-state index contributed by atoms with van der Waals surface area (Å²) in [5.41, 5.74) is 3.13. The lowest BCUT2D eigenvalue weighted by molar-refractivity contribution is 0.288. The van der Waals surface area contributed by atoms with Gasteiger partial charge < -0.3 is 15.3 Å². The summed E-state index contributed by atoms with van der Waals surface area (Å²) in [6.07, 6.45) is 0. The summed E-state index contributed by atoms with van der Waals surface area (Å²) in [6, 6.07) is 4.59. The van der Waals surface area contributed by atoms with Crippen molar-refractivity contribution in [2.75, 3.05) is 20.6 Å². The van der Waals surface area contributed by atoms with Gasteiger partial charge >= 0.3 is 0 Å². The van der Waals surface area contributed by atoms with Gasteiger partial charge in [-0.1, -0.05) is 26.0 Å². The molecule has 0 aliphatic heterocycles. The molecule has 0 aromatic heterocycles. The average Bonchev–Trinajstić information content (AvgIpc) is 2.30. The second-order valence-corrected chi connectivity index (χ2v) is 6.07. The first-order chi connectivity index (χ1) is 8.81. The first-order valence-electron chi connectivity index (χ1n) is 6.98. The van der Waals surface area contributed by atoms with Crippen LogP contribution in [0.25, 0.3) is 0 Å². The number of rotatable bonds is 6. The predicted octanol–water partition coefficient (Wildman–Crippen LogP) is 2.68. The highest BCUT2D eigenvalue weighted by Gasteiger charge is 2.14. The third-order valence-electron chi connectivity index (χ3n) is 3.49. The number of nitrogens with zero attached hydrogens (tertiary/aromatic N) is 1. The lowest BCUT2D eigenvalue weighted by atomic mass is 10.0. The second-order valence-electron chi connectivity index (χ2n) is 6.07. The van der Waals surface area contributed by atoms with Crippen LogP contribution in [0.2, 0.25) is 0 Å². The molecule has 0 radical (unpaired) electrons. The molecule has 0 aliphatic rings. The van der Waals surface area contributed by atoms with E-state index in [1.165, 1.54) is 5.56 Å². The summed E-state index contributed by atoms with van der Waals surface area (Å²) >= 11 is 0. The van der Waals surface area contributed by atoms with Gasteiger partial charge in [-0.2, -0.15) is 0 Å². The van der Waals surface area contributed by atoms with Gasteiger partial charge in [-0.25, -0.2) is 0 Å². The van der Waals surface area contributed by atoms with Crippen LogP contribution in [-0.2, 0) is 6.54 Å². The van der Waals surface area contributed by atoms with Gasteiger partial charge in [0, 0.05) is 19.1 Å². The van der Waals surface area contributed by atoms with Crippen molar-refractivity contribution < 1.29 is 5.11 Å². The van der Waals surface area contributed by atoms with Crippen LogP contribution in [0, 0.1) is 19.8 Å². The molecule has 0 aliphatic carbocycles. The summed E-state index contributed by atoms with van der Waals surface area (Å²) in [7, 11) is 4.21. The first kappa shape index (κ1) is 16.0. The minimum absolute atomic E-state index is 0.414. The van der Waals surface area contributed by atoms with Crippen LogP contribution in [0.15, 0.2) is 12.1 Å². The highest BCUT2D eigenvalue weighted by molar-refractivity contribution is 5.42. The van der Waals surface area contributed by atoms with Crippen LogP contribution in [0.1, 0.15) is 30.5 Å². The SMILES string of the molecule is Cc1cc(CNC(CN(C)C)C(C)C)cc(C)c1O. The Morgan fingerprint density at radius 3 is 2.11 bits per heavy atom. The van der Waals surface area contributed by atoms with Crippen LogP contribution < -0.4 is 5.32 Å². The number of benzene rings is 1. The Morgan fingerprint density at radius 1 is 1.16 bits per heavy atom. The normalized spacial score (nSPS) is 13.3. The number of nitrogens with one attached hydrogen (secondary N) is 1. The maximum Gasteiger partial charge on any atom is 0.121 e. The number of aromatic hydroxyl groups is 1. The fraction of sp³-hybridized carbons (Fsp3) is 0.625. The highest BCUT2D eigenvalue weighted by atomic mass is 16.3. The number of likely N-dealkylation sites (N-methyl/N-ethyl adjacent to an activating group) is 1. The van der Waals surface area contributed by atoms with Crippen LogP contribution in [-0.4, -0.2) is 36.7 Å². The highest BCUT2D eigenvalue weighted by Crippen LogP contribution is 2.22. The van der Waals surface area contributed by atoms with E-state index < -0.39 is 0 Å². The molecule has 1 unspecified atom stereocenters. The molecule has 1 aromatic carbocycles. The molecule has 0 heterocycles. The Bertz CT molecular complexity index is 390. The Hall–Kier alpha value is -1.06. The van der Waals surface area contributed by atoms with Gasteiger partial charge in [0.05, 0.1) is 0 Å². The molecule has 1 rings (SSSR count). The molecule has 0 bridgehead atoms. The van der Waals surface area contributed by atoms with Crippen molar-refractivity contribution in [3.8, 4) is 5.75 Å². The van der Waals surface area contributed by atoms with E-state index >= 15 is 0 Å². The van der Waals surface area contributed by atoms with E-state index in [1.54, 1.807) is 0 Å². The van der Waals surface area contributed by atoms with Crippen LogP contribution >= 0.6 is 0 Å². The minimum atomic E-state index is 0.414. The summed E-state index contributed by atoms with van der Waals surface area (Å²) in [4.78, 5) is 2.21. The smallest absolute Gasteiger partial charge is 0.121 e. The molecular weight excluding hydrogens is 236 g/mol. The zero-order valence-electron chi connectivity index (χ0n) is 13.1. The van der Waals surface area contributed by atoms with E-state index in [9.17, 15) is 5.11 Å². The Labute approximate surface area is 117 Å². The van der Waals surface area contributed by atoms with Crippen molar-refractivity contribution in [2.24, 2.45) is 5.92 Å². The van der Waals surface area contributed by atoms with E-state index in [4.69, 9.17) is 0 Å². The fourth-order valence-electron chi connectivity index (χ4n) is 2.30. The van der Waals surface area contributed by atoms with Gasteiger partial charge in [-0.05, 0) is 50.6 Å². The van der Waals surface area contributed by atoms with E-state index in [0.717, 1.165) is 24.2 Å². The third kappa shape index (κ3) is 4.84. The number of hydrogen-bond acceptors (Lipinski definition) is 3. The molecule has 2 N–H and O–H groups in total. The van der Waals surface area contributed by atoms with E-state index in [-0.39, 0.29) is 0 Å². The third-order valence-corrected chi connectivity index (χ3v) is 3.49. The largest absolute Gasteiger partial charge is 0.507 e. The first-order valence-corrected chi connectivity index (χ1v) is 6.98. The lowest BCUT2D eigenvalue weighted by Crippen LogP contribution is -2.41. The second kappa shape index (κ2) is 6.92. The summed E-state index contributed by atoms with van der Waals surface area (Å²) in [5, 5.41) is 13.4. The molecule has 3 heteroatoms. The van der Waals surface area contributed by atoms with Crippen molar-refractivity contribution in [1.82, 2.24) is 10.2 Å². The molecule has 1 atom stereocenters. The van der Waals surface area contributed by atoms with Crippen molar-refractivity contribution in [1.29, 1.82) is 0 Å². The molecular formula is C16H28N2O. The van der Waals surface area contributed by atoms with Crippen molar-refractivity contribution >= 4 is 0 Å². The topological polar surface area (TPSA) is 35.5 Å². The number of hydrogen-bond donors (Lipinski definition) is 2. The molecule has 0 fully saturated rings. The lowest BCUT2D eigenvalue weighted by Gasteiger charge is -2.26. The van der Waals surface area contributed by atoms with Gasteiger partial charge in [-0.15, -0.1) is 0 Å². The van der Waals surface area contributed by atoms with Crippen LogP contribution in [0.4, 0.5) is 0 Å². The molecule has 0 saturated heterocycles. The molecule has 19 heavy (non-hydrogen) atoms. The van der Waals surface area contributed by atoms with Gasteiger partial charge in [0.15, 0.2) is 0 Å². The van der Waals surface area contributed by atoms with E-state index in [2.05, 4.69) is 50.3 Å².